The van der Waals surface area contributed by atoms with Gasteiger partial charge in [-0.1, -0.05) is 37.7 Å². The summed E-state index contributed by atoms with van der Waals surface area (Å²) in [5.41, 5.74) is 6.59. The van der Waals surface area contributed by atoms with Crippen molar-refractivity contribution >= 4 is 17.2 Å². The van der Waals surface area contributed by atoms with Crippen molar-refractivity contribution in [1.82, 2.24) is 0 Å². The molecule has 0 aliphatic heterocycles. The molecule has 0 radical (unpaired) electrons. The van der Waals surface area contributed by atoms with Gasteiger partial charge in [-0.15, -0.1) is 0 Å². The Morgan fingerprint density at radius 2 is 2.06 bits per heavy atom. The summed E-state index contributed by atoms with van der Waals surface area (Å²) < 4.78 is 6.18. The molecule has 1 fully saturated rings. The van der Waals surface area contributed by atoms with Crippen molar-refractivity contribution in [2.75, 3.05) is 0 Å². The fraction of sp³-hybridized carbons (Fsp3) is 0.533. The van der Waals surface area contributed by atoms with Gasteiger partial charge in [0.25, 0.3) is 0 Å². The van der Waals surface area contributed by atoms with Crippen LogP contribution in [0.25, 0.3) is 0 Å². The van der Waals surface area contributed by atoms with E-state index in [0.29, 0.717) is 17.0 Å². The molecule has 1 aromatic rings. The molecular formula is C15H21NOS. The lowest BCUT2D eigenvalue weighted by atomic mass is 9.84. The van der Waals surface area contributed by atoms with Gasteiger partial charge in [0.15, 0.2) is 0 Å². The molecule has 1 saturated carbocycles. The normalized spacial score (nSPS) is 23.6. The SMILES string of the molecule is CCC1CCCCC1Oc1ccccc1C(N)=S. The lowest BCUT2D eigenvalue weighted by Gasteiger charge is -2.31. The van der Waals surface area contributed by atoms with Gasteiger partial charge < -0.3 is 10.5 Å². The molecule has 3 heteroatoms. The fourth-order valence-electron chi connectivity index (χ4n) is 2.73. The zero-order chi connectivity index (χ0) is 13.0. The van der Waals surface area contributed by atoms with Crippen molar-refractivity contribution in [3.63, 3.8) is 0 Å². The van der Waals surface area contributed by atoms with Crippen LogP contribution in [0.3, 0.4) is 0 Å². The van der Waals surface area contributed by atoms with E-state index in [0.717, 1.165) is 17.7 Å². The van der Waals surface area contributed by atoms with Crippen molar-refractivity contribution in [1.29, 1.82) is 0 Å². The van der Waals surface area contributed by atoms with Gasteiger partial charge in [-0.25, -0.2) is 0 Å². The van der Waals surface area contributed by atoms with Crippen molar-refractivity contribution in [3.05, 3.63) is 29.8 Å². The average molecular weight is 263 g/mol. The molecule has 1 aliphatic carbocycles. The van der Waals surface area contributed by atoms with E-state index in [1.165, 1.54) is 25.7 Å². The average Bonchev–Trinajstić information content (AvgIpc) is 2.40. The van der Waals surface area contributed by atoms with Crippen LogP contribution in [0.1, 0.15) is 44.6 Å². The summed E-state index contributed by atoms with van der Waals surface area (Å²) in [7, 11) is 0. The van der Waals surface area contributed by atoms with Crippen LogP contribution in [0, 0.1) is 5.92 Å². The van der Waals surface area contributed by atoms with Crippen LogP contribution in [-0.4, -0.2) is 11.1 Å². The van der Waals surface area contributed by atoms with Gasteiger partial charge in [0, 0.05) is 0 Å². The van der Waals surface area contributed by atoms with Crippen LogP contribution in [-0.2, 0) is 0 Å². The van der Waals surface area contributed by atoms with Gasteiger partial charge >= 0.3 is 0 Å². The van der Waals surface area contributed by atoms with Crippen LogP contribution < -0.4 is 10.5 Å². The third-order valence-electron chi connectivity index (χ3n) is 3.79. The van der Waals surface area contributed by atoms with Gasteiger partial charge in [-0.05, 0) is 43.7 Å². The summed E-state index contributed by atoms with van der Waals surface area (Å²) >= 11 is 5.07. The molecule has 2 nitrogen and oxygen atoms in total. The molecule has 0 amide bonds. The largest absolute Gasteiger partial charge is 0.489 e. The number of hydrogen-bond donors (Lipinski definition) is 1. The lowest BCUT2D eigenvalue weighted by molar-refractivity contribution is 0.0902. The van der Waals surface area contributed by atoms with Gasteiger partial charge in [0.05, 0.1) is 5.56 Å². The Balaban J connectivity index is 2.15. The number of rotatable bonds is 4. The van der Waals surface area contributed by atoms with E-state index in [9.17, 15) is 0 Å². The first kappa shape index (κ1) is 13.3. The molecular weight excluding hydrogens is 242 g/mol. The van der Waals surface area contributed by atoms with Gasteiger partial charge in [0.2, 0.25) is 0 Å². The zero-order valence-corrected chi connectivity index (χ0v) is 11.7. The minimum atomic E-state index is 0.319. The van der Waals surface area contributed by atoms with Crippen molar-refractivity contribution in [2.45, 2.75) is 45.1 Å². The Morgan fingerprint density at radius 3 is 2.78 bits per heavy atom. The monoisotopic (exact) mass is 263 g/mol. The molecule has 2 N–H and O–H groups in total. The molecule has 0 saturated heterocycles. The predicted molar refractivity (Wildman–Crippen MR) is 79.0 cm³/mol. The number of nitrogens with two attached hydrogens (primary N) is 1. The van der Waals surface area contributed by atoms with Gasteiger partial charge in [0.1, 0.15) is 16.8 Å². The van der Waals surface area contributed by atoms with E-state index < -0.39 is 0 Å². The summed E-state index contributed by atoms with van der Waals surface area (Å²) in [6.45, 7) is 2.24. The van der Waals surface area contributed by atoms with Crippen molar-refractivity contribution < 1.29 is 4.74 Å². The molecule has 1 aromatic carbocycles. The molecule has 0 heterocycles. The molecule has 2 rings (SSSR count). The quantitative estimate of drug-likeness (QED) is 0.842. The highest BCUT2D eigenvalue weighted by molar-refractivity contribution is 7.80. The number of ether oxygens (including phenoxy) is 1. The Bertz CT molecular complexity index is 419. The minimum absolute atomic E-state index is 0.319. The zero-order valence-electron chi connectivity index (χ0n) is 10.9. The summed E-state index contributed by atoms with van der Waals surface area (Å²) in [6, 6.07) is 7.82. The fourth-order valence-corrected chi connectivity index (χ4v) is 2.90. The first-order valence-electron chi connectivity index (χ1n) is 6.78. The van der Waals surface area contributed by atoms with E-state index in [1.807, 2.05) is 24.3 Å². The van der Waals surface area contributed by atoms with Gasteiger partial charge in [-0.3, -0.25) is 0 Å². The smallest absolute Gasteiger partial charge is 0.129 e. The highest BCUT2D eigenvalue weighted by atomic mass is 32.1. The van der Waals surface area contributed by atoms with E-state index in [2.05, 4.69) is 6.92 Å². The number of hydrogen-bond acceptors (Lipinski definition) is 2. The van der Waals surface area contributed by atoms with Crippen LogP contribution in [0.15, 0.2) is 24.3 Å². The molecule has 0 aromatic heterocycles. The lowest BCUT2D eigenvalue weighted by Crippen LogP contribution is -2.30. The second-order valence-corrected chi connectivity index (χ2v) is 5.41. The molecule has 0 bridgehead atoms. The maximum Gasteiger partial charge on any atom is 0.129 e. The molecule has 2 atom stereocenters. The van der Waals surface area contributed by atoms with E-state index in [1.54, 1.807) is 0 Å². The number of para-hydroxylation sites is 1. The highest BCUT2D eigenvalue weighted by Crippen LogP contribution is 2.31. The van der Waals surface area contributed by atoms with Crippen molar-refractivity contribution in [2.24, 2.45) is 11.7 Å². The van der Waals surface area contributed by atoms with E-state index in [4.69, 9.17) is 22.7 Å². The van der Waals surface area contributed by atoms with Crippen molar-refractivity contribution in [3.8, 4) is 5.75 Å². The standard InChI is InChI=1S/C15H21NOS/c1-2-11-7-3-5-9-13(11)17-14-10-6-4-8-12(14)15(16)18/h4,6,8,10-11,13H,2-3,5,7,9H2,1H3,(H2,16,18). The number of benzene rings is 1. The maximum atomic E-state index is 6.18. The summed E-state index contributed by atoms with van der Waals surface area (Å²) in [6.07, 6.45) is 6.51. The minimum Gasteiger partial charge on any atom is -0.489 e. The molecule has 18 heavy (non-hydrogen) atoms. The third-order valence-corrected chi connectivity index (χ3v) is 4.01. The highest BCUT2D eigenvalue weighted by Gasteiger charge is 2.25. The predicted octanol–water partition coefficient (Wildman–Crippen LogP) is 3.67. The van der Waals surface area contributed by atoms with E-state index >= 15 is 0 Å². The van der Waals surface area contributed by atoms with E-state index in [-0.39, 0.29) is 0 Å². The van der Waals surface area contributed by atoms with Crippen LogP contribution in [0.5, 0.6) is 5.75 Å². The molecule has 0 spiro atoms. The maximum absolute atomic E-state index is 6.18. The summed E-state index contributed by atoms with van der Waals surface area (Å²) in [4.78, 5) is 0.412. The van der Waals surface area contributed by atoms with Crippen LogP contribution >= 0.6 is 12.2 Å². The summed E-state index contributed by atoms with van der Waals surface area (Å²) in [5.74, 6) is 1.51. The first-order chi connectivity index (χ1) is 8.72. The van der Waals surface area contributed by atoms with Crippen LogP contribution in [0.2, 0.25) is 0 Å². The Morgan fingerprint density at radius 1 is 1.33 bits per heavy atom. The molecule has 98 valence electrons. The second kappa shape index (κ2) is 6.19. The third kappa shape index (κ3) is 3.02. The Labute approximate surface area is 115 Å². The molecule has 1 aliphatic rings. The Hall–Kier alpha value is -1.09. The Kier molecular flexibility index (Phi) is 4.59. The van der Waals surface area contributed by atoms with Gasteiger partial charge in [-0.2, -0.15) is 0 Å². The van der Waals surface area contributed by atoms with Crippen LogP contribution in [0.4, 0.5) is 0 Å². The number of thiocarbonyl (C=S) groups is 1. The molecule has 2 unspecified atom stereocenters. The first-order valence-corrected chi connectivity index (χ1v) is 7.18. The summed E-state index contributed by atoms with van der Waals surface area (Å²) in [5, 5.41) is 0. The topological polar surface area (TPSA) is 35.2 Å². The second-order valence-electron chi connectivity index (χ2n) is 4.97.